The second-order valence-electron chi connectivity index (χ2n) is 8.13. The Morgan fingerprint density at radius 1 is 1.18 bits per heavy atom. The van der Waals surface area contributed by atoms with Gasteiger partial charge in [0.2, 0.25) is 0 Å². The number of aliphatic hydroxyl groups is 1. The number of amides is 2. The van der Waals surface area contributed by atoms with E-state index < -0.39 is 40.9 Å². The van der Waals surface area contributed by atoms with Gasteiger partial charge in [-0.1, -0.05) is 18.2 Å². The van der Waals surface area contributed by atoms with E-state index in [4.69, 9.17) is 0 Å². The number of rotatable bonds is 6. The molecule has 0 spiro atoms. The number of hydrogen-bond acceptors (Lipinski definition) is 6. The third-order valence-electron chi connectivity index (χ3n) is 6.08. The van der Waals surface area contributed by atoms with Crippen molar-refractivity contribution >= 4 is 27.3 Å². The van der Waals surface area contributed by atoms with Gasteiger partial charge in [0.25, 0.3) is 0 Å². The number of hydrogen-bond donors (Lipinski definition) is 1. The molecule has 1 atom stereocenters. The number of aliphatic hydroxyl groups excluding tert-OH is 1. The second-order valence-corrected chi connectivity index (χ2v) is 10.2. The summed E-state index contributed by atoms with van der Waals surface area (Å²) in [5, 5.41) is 18.6. The van der Waals surface area contributed by atoms with E-state index in [1.807, 2.05) is 6.07 Å². The minimum absolute atomic E-state index is 0.0988. The van der Waals surface area contributed by atoms with E-state index in [0.29, 0.717) is 16.9 Å². The summed E-state index contributed by atoms with van der Waals surface area (Å²) in [5.74, 6) is -0.790. The van der Waals surface area contributed by atoms with Crippen LogP contribution < -0.4 is 4.90 Å². The number of carbonyl (C=O) groups is 2. The molecule has 2 aromatic carbocycles. The number of nitriles is 1. The van der Waals surface area contributed by atoms with Crippen LogP contribution >= 0.6 is 0 Å². The maximum absolute atomic E-state index is 13.5. The summed E-state index contributed by atoms with van der Waals surface area (Å²) in [6.45, 7) is -1.33. The van der Waals surface area contributed by atoms with E-state index in [1.165, 1.54) is 35.0 Å². The molecule has 0 aromatic heterocycles. The SMILES string of the molecule is CN1C(=O)N(c2cccc(CF)c2)C2=C(C(=O)CC2)C1c1ccc(C#N)cc1S(=O)(=O)CCO. The number of alkyl halides is 1. The van der Waals surface area contributed by atoms with Crippen LogP contribution in [0.3, 0.4) is 0 Å². The van der Waals surface area contributed by atoms with Gasteiger partial charge in [0.1, 0.15) is 6.67 Å². The Morgan fingerprint density at radius 3 is 2.62 bits per heavy atom. The topological polar surface area (TPSA) is 119 Å². The van der Waals surface area contributed by atoms with Crippen molar-refractivity contribution in [2.75, 3.05) is 24.3 Å². The number of nitrogens with zero attached hydrogens (tertiary/aromatic N) is 3. The van der Waals surface area contributed by atoms with Crippen molar-refractivity contribution in [3.63, 3.8) is 0 Å². The number of benzene rings is 2. The lowest BCUT2D eigenvalue weighted by molar-refractivity contribution is -0.115. The number of likely N-dealkylation sites (N-methyl/N-ethyl adjacent to an activating group) is 1. The summed E-state index contributed by atoms with van der Waals surface area (Å²) in [5.41, 5.74) is 1.82. The van der Waals surface area contributed by atoms with Gasteiger partial charge in [-0.25, -0.2) is 17.6 Å². The fourth-order valence-corrected chi connectivity index (χ4v) is 5.83. The van der Waals surface area contributed by atoms with E-state index in [-0.39, 0.29) is 40.2 Å². The van der Waals surface area contributed by atoms with Crippen molar-refractivity contribution in [1.29, 1.82) is 5.26 Å². The number of carbonyl (C=O) groups excluding carboxylic acids is 2. The Bertz CT molecular complexity index is 1360. The van der Waals surface area contributed by atoms with Gasteiger partial charge in [-0.2, -0.15) is 5.26 Å². The van der Waals surface area contributed by atoms with Gasteiger partial charge in [-0.05, 0) is 41.8 Å². The van der Waals surface area contributed by atoms with Gasteiger partial charge in [-0.3, -0.25) is 9.69 Å². The summed E-state index contributed by atoms with van der Waals surface area (Å²) >= 11 is 0. The first-order valence-electron chi connectivity index (χ1n) is 10.6. The zero-order valence-corrected chi connectivity index (χ0v) is 19.2. The predicted molar refractivity (Wildman–Crippen MR) is 121 cm³/mol. The normalized spacial score (nSPS) is 18.4. The zero-order valence-electron chi connectivity index (χ0n) is 18.4. The largest absolute Gasteiger partial charge is 0.395 e. The minimum Gasteiger partial charge on any atom is -0.395 e. The summed E-state index contributed by atoms with van der Waals surface area (Å²) in [7, 11) is -2.55. The molecule has 1 unspecified atom stereocenters. The number of anilines is 1. The van der Waals surface area contributed by atoms with Crippen LogP contribution in [0.2, 0.25) is 0 Å². The Balaban J connectivity index is 1.95. The fourth-order valence-electron chi connectivity index (χ4n) is 4.52. The zero-order chi connectivity index (χ0) is 24.6. The van der Waals surface area contributed by atoms with Crippen LogP contribution in [0.15, 0.2) is 58.6 Å². The second kappa shape index (κ2) is 9.00. The number of ketones is 1. The monoisotopic (exact) mass is 483 g/mol. The van der Waals surface area contributed by atoms with Crippen molar-refractivity contribution < 1.29 is 27.5 Å². The molecule has 176 valence electrons. The molecule has 0 saturated carbocycles. The first-order chi connectivity index (χ1) is 16.2. The maximum Gasteiger partial charge on any atom is 0.329 e. The van der Waals surface area contributed by atoms with Crippen LogP contribution in [0, 0.1) is 11.3 Å². The average Bonchev–Trinajstić information content (AvgIpc) is 3.20. The molecule has 1 heterocycles. The molecule has 10 heteroatoms. The first-order valence-corrected chi connectivity index (χ1v) is 12.2. The first kappa shape index (κ1) is 23.6. The molecule has 2 aromatic rings. The van der Waals surface area contributed by atoms with E-state index in [2.05, 4.69) is 0 Å². The molecule has 4 rings (SSSR count). The Labute approximate surface area is 196 Å². The highest BCUT2D eigenvalue weighted by molar-refractivity contribution is 7.91. The molecule has 0 bridgehead atoms. The summed E-state index contributed by atoms with van der Waals surface area (Å²) in [6, 6.07) is 10.9. The highest BCUT2D eigenvalue weighted by Gasteiger charge is 2.45. The molecule has 2 amide bonds. The van der Waals surface area contributed by atoms with E-state index >= 15 is 0 Å². The summed E-state index contributed by atoms with van der Waals surface area (Å²) in [6.07, 6.45) is 0.426. The Morgan fingerprint density at radius 2 is 1.94 bits per heavy atom. The van der Waals surface area contributed by atoms with Crippen molar-refractivity contribution in [2.24, 2.45) is 0 Å². The fraction of sp³-hybridized carbons (Fsp3) is 0.292. The van der Waals surface area contributed by atoms with Crippen molar-refractivity contribution in [2.45, 2.75) is 30.5 Å². The Hall–Kier alpha value is -3.55. The summed E-state index contributed by atoms with van der Waals surface area (Å²) in [4.78, 5) is 29.0. The van der Waals surface area contributed by atoms with Crippen molar-refractivity contribution in [1.82, 2.24) is 4.90 Å². The van der Waals surface area contributed by atoms with E-state index in [9.17, 15) is 32.8 Å². The highest BCUT2D eigenvalue weighted by Crippen LogP contribution is 2.45. The molecule has 1 N–H and O–H groups in total. The van der Waals surface area contributed by atoms with Crippen LogP contribution in [0.1, 0.15) is 35.6 Å². The number of allylic oxidation sites excluding steroid dienone is 1. The molecule has 0 fully saturated rings. The standard InChI is InChI=1S/C24H22FN3O5S/c1-27-23(18-6-5-16(14-26)12-21(18)34(32,33)10-9-29)22-19(7-8-20(22)30)28(24(27)31)17-4-2-3-15(11-17)13-25/h2-6,11-12,23,29H,7-10,13H2,1H3. The lowest BCUT2D eigenvalue weighted by Gasteiger charge is -2.40. The van der Waals surface area contributed by atoms with Crippen LogP contribution in [-0.4, -0.2) is 49.6 Å². The number of sulfone groups is 1. The van der Waals surface area contributed by atoms with Crippen LogP contribution in [0.4, 0.5) is 14.9 Å². The van der Waals surface area contributed by atoms with E-state index in [1.54, 1.807) is 24.3 Å². The van der Waals surface area contributed by atoms with Crippen molar-refractivity contribution in [3.8, 4) is 6.07 Å². The summed E-state index contributed by atoms with van der Waals surface area (Å²) < 4.78 is 39.2. The molecule has 2 aliphatic rings. The van der Waals surface area contributed by atoms with Gasteiger partial charge in [0.05, 0.1) is 40.6 Å². The van der Waals surface area contributed by atoms with Gasteiger partial charge in [0.15, 0.2) is 15.6 Å². The van der Waals surface area contributed by atoms with E-state index in [0.717, 1.165) is 0 Å². The molecular weight excluding hydrogens is 461 g/mol. The van der Waals surface area contributed by atoms with Gasteiger partial charge >= 0.3 is 6.03 Å². The van der Waals surface area contributed by atoms with Gasteiger partial charge in [-0.15, -0.1) is 0 Å². The lowest BCUT2D eigenvalue weighted by atomic mass is 9.92. The quantitative estimate of drug-likeness (QED) is 0.675. The number of Topliss-reactive ketones (excluding diaryl/α,β-unsaturated/α-hetero) is 1. The van der Waals surface area contributed by atoms with Crippen LogP contribution in [-0.2, 0) is 21.3 Å². The number of urea groups is 1. The molecule has 0 saturated heterocycles. The minimum atomic E-state index is -4.01. The number of halogens is 1. The Kier molecular flexibility index (Phi) is 6.25. The molecule has 1 aliphatic heterocycles. The molecular formula is C24H22FN3O5S. The van der Waals surface area contributed by atoms with Gasteiger partial charge < -0.3 is 10.0 Å². The highest BCUT2D eigenvalue weighted by atomic mass is 32.2. The maximum atomic E-state index is 13.5. The third kappa shape index (κ3) is 3.87. The molecule has 8 nitrogen and oxygen atoms in total. The molecule has 0 radical (unpaired) electrons. The average molecular weight is 484 g/mol. The van der Waals surface area contributed by atoms with Gasteiger partial charge in [0, 0.05) is 24.7 Å². The third-order valence-corrected chi connectivity index (χ3v) is 7.82. The molecule has 1 aliphatic carbocycles. The lowest BCUT2D eigenvalue weighted by Crippen LogP contribution is -2.48. The van der Waals surface area contributed by atoms with Crippen LogP contribution in [0.5, 0.6) is 0 Å². The smallest absolute Gasteiger partial charge is 0.329 e. The predicted octanol–water partition coefficient (Wildman–Crippen LogP) is 3.02. The molecule has 34 heavy (non-hydrogen) atoms. The van der Waals surface area contributed by atoms with Crippen LogP contribution in [0.25, 0.3) is 0 Å². The van der Waals surface area contributed by atoms with Crippen molar-refractivity contribution in [3.05, 3.63) is 70.4 Å².